The van der Waals surface area contributed by atoms with Gasteiger partial charge in [0.25, 0.3) is 0 Å². The summed E-state index contributed by atoms with van der Waals surface area (Å²) in [5.74, 6) is 0.472. The van der Waals surface area contributed by atoms with E-state index in [1.165, 1.54) is 0 Å². The van der Waals surface area contributed by atoms with Crippen LogP contribution >= 0.6 is 12.2 Å². The van der Waals surface area contributed by atoms with E-state index >= 15 is 0 Å². The Morgan fingerprint density at radius 1 is 1.44 bits per heavy atom. The number of hydrogen-bond acceptors (Lipinski definition) is 5. The lowest BCUT2D eigenvalue weighted by atomic mass is 10.3. The number of aromatic nitrogens is 4. The number of aromatic amines is 2. The lowest BCUT2D eigenvalue weighted by Crippen LogP contribution is -2.02. The molecule has 0 aromatic carbocycles. The number of nitrogens with zero attached hydrogens (tertiary/aromatic N) is 3. The van der Waals surface area contributed by atoms with Crippen LogP contribution in [0.25, 0.3) is 0 Å². The molecule has 0 spiro atoms. The maximum Gasteiger partial charge on any atom is 0.238 e. The number of pyridine rings is 1. The predicted molar refractivity (Wildman–Crippen MR) is 63.8 cm³/mol. The second-order valence-electron chi connectivity index (χ2n) is 3.04. The van der Waals surface area contributed by atoms with Gasteiger partial charge in [-0.05, 0) is 31.3 Å². The minimum Gasteiger partial charge on any atom is -0.272 e. The zero-order valence-electron chi connectivity index (χ0n) is 8.56. The van der Waals surface area contributed by atoms with Crippen molar-refractivity contribution in [1.29, 1.82) is 0 Å². The Kier molecular flexibility index (Phi) is 3.06. The van der Waals surface area contributed by atoms with E-state index in [1.807, 2.05) is 25.1 Å². The van der Waals surface area contributed by atoms with Crippen LogP contribution < -0.4 is 5.43 Å². The highest BCUT2D eigenvalue weighted by atomic mass is 32.1. The molecule has 3 N–H and O–H groups in total. The third kappa shape index (κ3) is 2.51. The summed E-state index contributed by atoms with van der Waals surface area (Å²) in [6.07, 6.45) is 1.72. The number of H-pyrrole nitrogens is 2. The number of anilines is 1. The summed E-state index contributed by atoms with van der Waals surface area (Å²) in [4.78, 5) is 8.11. The highest BCUT2D eigenvalue weighted by Gasteiger charge is 1.98. The molecule has 7 heteroatoms. The predicted octanol–water partition coefficient (Wildman–Crippen LogP) is 1.70. The van der Waals surface area contributed by atoms with Gasteiger partial charge in [-0.15, -0.1) is 0 Å². The van der Waals surface area contributed by atoms with Crippen molar-refractivity contribution in [3.63, 3.8) is 0 Å². The van der Waals surface area contributed by atoms with E-state index < -0.39 is 0 Å². The van der Waals surface area contributed by atoms with Crippen molar-refractivity contribution >= 4 is 23.9 Å². The van der Waals surface area contributed by atoms with E-state index in [9.17, 15) is 0 Å². The van der Waals surface area contributed by atoms with Gasteiger partial charge in [-0.25, -0.2) is 5.43 Å². The molecule has 0 aliphatic heterocycles. The Morgan fingerprint density at radius 3 is 2.94 bits per heavy atom. The first-order chi connectivity index (χ1) is 7.75. The van der Waals surface area contributed by atoms with Crippen LogP contribution in [0, 0.1) is 4.77 Å². The van der Waals surface area contributed by atoms with Crippen molar-refractivity contribution in [2.75, 3.05) is 5.43 Å². The third-order valence-corrected chi connectivity index (χ3v) is 2.06. The normalized spacial score (nSPS) is 11.4. The molecule has 2 aromatic heterocycles. The molecule has 0 aliphatic carbocycles. The van der Waals surface area contributed by atoms with Crippen LogP contribution in [-0.2, 0) is 0 Å². The molecule has 0 saturated carbocycles. The van der Waals surface area contributed by atoms with E-state index in [1.54, 1.807) is 6.20 Å². The molecule has 2 rings (SSSR count). The van der Waals surface area contributed by atoms with Crippen molar-refractivity contribution < 1.29 is 0 Å². The SMILES string of the molecule is C/C(=N\Nc1nc(=S)[nH][nH]1)c1ccccn1. The lowest BCUT2D eigenvalue weighted by Gasteiger charge is -1.99. The van der Waals surface area contributed by atoms with Gasteiger partial charge in [0.1, 0.15) is 0 Å². The van der Waals surface area contributed by atoms with Gasteiger partial charge < -0.3 is 0 Å². The minimum atomic E-state index is 0.383. The molecule has 0 aliphatic rings. The molecule has 6 nitrogen and oxygen atoms in total. The van der Waals surface area contributed by atoms with E-state index in [0.717, 1.165) is 11.4 Å². The minimum absolute atomic E-state index is 0.383. The van der Waals surface area contributed by atoms with Crippen molar-refractivity contribution in [1.82, 2.24) is 20.2 Å². The van der Waals surface area contributed by atoms with Crippen molar-refractivity contribution in [2.45, 2.75) is 6.92 Å². The summed E-state index contributed by atoms with van der Waals surface area (Å²) in [6, 6.07) is 5.64. The maximum absolute atomic E-state index is 4.81. The smallest absolute Gasteiger partial charge is 0.238 e. The Balaban J connectivity index is 2.11. The molecule has 0 radical (unpaired) electrons. The quantitative estimate of drug-likeness (QED) is 0.429. The van der Waals surface area contributed by atoms with Crippen molar-refractivity contribution in [3.05, 3.63) is 34.9 Å². The molecule has 16 heavy (non-hydrogen) atoms. The fourth-order valence-electron chi connectivity index (χ4n) is 1.09. The van der Waals surface area contributed by atoms with Crippen molar-refractivity contribution in [2.24, 2.45) is 5.10 Å². The van der Waals surface area contributed by atoms with Crippen LogP contribution in [0.5, 0.6) is 0 Å². The fourth-order valence-corrected chi connectivity index (χ4v) is 1.24. The number of hydrazone groups is 1. The van der Waals surface area contributed by atoms with Crippen LogP contribution in [-0.4, -0.2) is 25.9 Å². The van der Waals surface area contributed by atoms with E-state index in [4.69, 9.17) is 12.2 Å². The van der Waals surface area contributed by atoms with Gasteiger partial charge in [0.2, 0.25) is 10.7 Å². The zero-order chi connectivity index (χ0) is 11.4. The van der Waals surface area contributed by atoms with Gasteiger partial charge in [-0.3, -0.25) is 15.2 Å². The second kappa shape index (κ2) is 4.67. The van der Waals surface area contributed by atoms with E-state index in [2.05, 4.69) is 30.7 Å². The van der Waals surface area contributed by atoms with E-state index in [-0.39, 0.29) is 0 Å². The first kappa shape index (κ1) is 10.5. The Morgan fingerprint density at radius 2 is 2.31 bits per heavy atom. The summed E-state index contributed by atoms with van der Waals surface area (Å²) < 4.78 is 0.383. The average Bonchev–Trinajstić information content (AvgIpc) is 2.73. The van der Waals surface area contributed by atoms with Gasteiger partial charge in [-0.1, -0.05) is 6.07 Å². The van der Waals surface area contributed by atoms with Gasteiger partial charge in [0, 0.05) is 6.20 Å². The number of hydrogen-bond donors (Lipinski definition) is 3. The molecule has 0 fully saturated rings. The highest BCUT2D eigenvalue weighted by molar-refractivity contribution is 7.71. The van der Waals surface area contributed by atoms with Gasteiger partial charge in [0.15, 0.2) is 0 Å². The number of nitrogens with one attached hydrogen (secondary N) is 3. The van der Waals surface area contributed by atoms with Gasteiger partial charge in [0.05, 0.1) is 11.4 Å². The summed E-state index contributed by atoms with van der Waals surface area (Å²) in [7, 11) is 0. The molecule has 2 heterocycles. The fraction of sp³-hybridized carbons (Fsp3) is 0.111. The zero-order valence-corrected chi connectivity index (χ0v) is 9.38. The van der Waals surface area contributed by atoms with Gasteiger partial charge in [-0.2, -0.15) is 10.1 Å². The molecule has 0 atom stereocenters. The van der Waals surface area contributed by atoms with Crippen LogP contribution in [0.3, 0.4) is 0 Å². The Bertz CT molecular complexity index is 540. The first-order valence-electron chi connectivity index (χ1n) is 4.62. The standard InChI is InChI=1S/C9H10N6S/c1-6(7-4-2-3-5-10-7)12-13-8-11-9(16)15-14-8/h2-5H,1H3,(H3,11,13,14,15,16)/b12-6+. The molecule has 0 amide bonds. The highest BCUT2D eigenvalue weighted by Crippen LogP contribution is 1.98. The van der Waals surface area contributed by atoms with Crippen LogP contribution in [0.15, 0.2) is 29.5 Å². The monoisotopic (exact) mass is 234 g/mol. The molecular weight excluding hydrogens is 224 g/mol. The van der Waals surface area contributed by atoms with Gasteiger partial charge >= 0.3 is 0 Å². The summed E-state index contributed by atoms with van der Waals surface area (Å²) in [5, 5.41) is 9.52. The number of rotatable bonds is 3. The Hall–Kier alpha value is -2.02. The average molecular weight is 234 g/mol. The largest absolute Gasteiger partial charge is 0.272 e. The van der Waals surface area contributed by atoms with Crippen LogP contribution in [0.4, 0.5) is 5.95 Å². The van der Waals surface area contributed by atoms with Crippen LogP contribution in [0.2, 0.25) is 0 Å². The molecule has 0 bridgehead atoms. The maximum atomic E-state index is 4.81. The molecule has 2 aromatic rings. The van der Waals surface area contributed by atoms with Crippen LogP contribution in [0.1, 0.15) is 12.6 Å². The first-order valence-corrected chi connectivity index (χ1v) is 5.03. The van der Waals surface area contributed by atoms with Crippen molar-refractivity contribution in [3.8, 4) is 0 Å². The summed E-state index contributed by atoms with van der Waals surface area (Å²) >= 11 is 4.81. The summed E-state index contributed by atoms with van der Waals surface area (Å²) in [6.45, 7) is 1.86. The summed E-state index contributed by atoms with van der Waals surface area (Å²) in [5.41, 5.74) is 4.32. The molecule has 82 valence electrons. The molecular formula is C9H10N6S. The molecule has 0 saturated heterocycles. The Labute approximate surface area is 96.8 Å². The molecule has 0 unspecified atom stereocenters. The lowest BCUT2D eigenvalue weighted by molar-refractivity contribution is 1.07. The topological polar surface area (TPSA) is 81.8 Å². The second-order valence-corrected chi connectivity index (χ2v) is 3.43. The van der Waals surface area contributed by atoms with E-state index in [0.29, 0.717) is 10.7 Å². The third-order valence-electron chi connectivity index (χ3n) is 1.87.